The number of benzene rings is 3. The average molecular weight is 286 g/mol. The minimum absolute atomic E-state index is 0.0949. The predicted molar refractivity (Wildman–Crippen MR) is 87.6 cm³/mol. The molecule has 0 saturated heterocycles. The lowest BCUT2D eigenvalue weighted by molar-refractivity contribution is 0.631. The molecule has 0 heterocycles. The first-order valence-corrected chi connectivity index (χ1v) is 7.75. The van der Waals surface area contributed by atoms with Crippen LogP contribution in [0.1, 0.15) is 27.8 Å². The molecule has 22 heavy (non-hydrogen) atoms. The fourth-order valence-corrected chi connectivity index (χ4v) is 4.11. The van der Waals surface area contributed by atoms with E-state index < -0.39 is 0 Å². The van der Waals surface area contributed by atoms with Crippen LogP contribution in [0.25, 0.3) is 22.3 Å². The Morgan fingerprint density at radius 3 is 2.41 bits per heavy atom. The number of hydrogen-bond acceptors (Lipinski definition) is 0. The van der Waals surface area contributed by atoms with Gasteiger partial charge in [-0.05, 0) is 64.8 Å². The fourth-order valence-electron chi connectivity index (χ4n) is 4.11. The lowest BCUT2D eigenvalue weighted by Crippen LogP contribution is -1.91. The van der Waals surface area contributed by atoms with Crippen molar-refractivity contribution >= 4 is 0 Å². The molecule has 106 valence electrons. The van der Waals surface area contributed by atoms with Gasteiger partial charge in [-0.2, -0.15) is 0 Å². The standard InChI is InChI=1S/C21H15F/c1-12-5-6-15-14(9-12)11-18-16(15)7-8-17-19(18)10-13-3-2-4-20(22)21(13)17/h2-9H,10-11H2,1H3. The Labute approximate surface area is 129 Å². The van der Waals surface area contributed by atoms with Crippen molar-refractivity contribution in [2.45, 2.75) is 19.8 Å². The first-order chi connectivity index (χ1) is 10.7. The number of rotatable bonds is 0. The highest BCUT2D eigenvalue weighted by Crippen LogP contribution is 2.47. The molecule has 0 aromatic heterocycles. The minimum atomic E-state index is -0.0949. The van der Waals surface area contributed by atoms with Gasteiger partial charge in [0.2, 0.25) is 0 Å². The van der Waals surface area contributed by atoms with Gasteiger partial charge in [0.1, 0.15) is 5.82 Å². The molecule has 5 rings (SSSR count). The maximum Gasteiger partial charge on any atom is 0.131 e. The van der Waals surface area contributed by atoms with E-state index in [2.05, 4.69) is 43.3 Å². The molecule has 0 spiro atoms. The first-order valence-electron chi connectivity index (χ1n) is 7.75. The van der Waals surface area contributed by atoms with Crippen LogP contribution in [0, 0.1) is 12.7 Å². The summed E-state index contributed by atoms with van der Waals surface area (Å²) >= 11 is 0. The average Bonchev–Trinajstić information content (AvgIpc) is 3.04. The van der Waals surface area contributed by atoms with E-state index in [4.69, 9.17) is 0 Å². The Morgan fingerprint density at radius 1 is 0.773 bits per heavy atom. The Hall–Kier alpha value is -2.41. The van der Waals surface area contributed by atoms with Crippen molar-refractivity contribution in [3.05, 3.63) is 82.2 Å². The first kappa shape index (κ1) is 12.2. The molecule has 1 heteroatoms. The highest BCUT2D eigenvalue weighted by atomic mass is 19.1. The van der Waals surface area contributed by atoms with Gasteiger partial charge in [-0.25, -0.2) is 4.39 Å². The van der Waals surface area contributed by atoms with Crippen LogP contribution in [0.15, 0.2) is 48.5 Å². The molecule has 0 bridgehead atoms. The third-order valence-corrected chi connectivity index (χ3v) is 5.09. The zero-order chi connectivity index (χ0) is 14.8. The summed E-state index contributed by atoms with van der Waals surface area (Å²) in [5.41, 5.74) is 11.1. The molecule has 0 N–H and O–H groups in total. The van der Waals surface area contributed by atoms with Gasteiger partial charge in [-0.1, -0.05) is 48.0 Å². The van der Waals surface area contributed by atoms with Crippen molar-refractivity contribution in [3.63, 3.8) is 0 Å². The Balaban J connectivity index is 1.76. The third-order valence-electron chi connectivity index (χ3n) is 5.09. The van der Waals surface area contributed by atoms with Gasteiger partial charge in [0.05, 0.1) is 0 Å². The topological polar surface area (TPSA) is 0 Å². The maximum atomic E-state index is 14.2. The fraction of sp³-hybridized carbons (Fsp3) is 0.143. The third kappa shape index (κ3) is 1.46. The molecule has 0 aliphatic heterocycles. The summed E-state index contributed by atoms with van der Waals surface area (Å²) in [6, 6.07) is 16.4. The number of fused-ring (bicyclic) bond motifs is 7. The SMILES string of the molecule is Cc1ccc2c(c1)Cc1c-2ccc2c1Cc1cccc(F)c1-2. The molecular weight excluding hydrogens is 271 g/mol. The quantitative estimate of drug-likeness (QED) is 0.363. The van der Waals surface area contributed by atoms with Gasteiger partial charge < -0.3 is 0 Å². The minimum Gasteiger partial charge on any atom is -0.206 e. The normalized spacial score (nSPS) is 13.5. The second-order valence-electron chi connectivity index (χ2n) is 6.41. The summed E-state index contributed by atoms with van der Waals surface area (Å²) in [4.78, 5) is 0. The van der Waals surface area contributed by atoms with E-state index in [0.717, 1.165) is 29.5 Å². The molecule has 0 unspecified atom stereocenters. The van der Waals surface area contributed by atoms with Crippen molar-refractivity contribution in [1.82, 2.24) is 0 Å². The molecule has 0 fully saturated rings. The zero-order valence-corrected chi connectivity index (χ0v) is 12.4. The summed E-state index contributed by atoms with van der Waals surface area (Å²) < 4.78 is 14.2. The van der Waals surface area contributed by atoms with Crippen LogP contribution in [0.2, 0.25) is 0 Å². The van der Waals surface area contributed by atoms with Crippen molar-refractivity contribution in [2.24, 2.45) is 0 Å². The molecule has 0 amide bonds. The molecular formula is C21H15F. The predicted octanol–water partition coefficient (Wildman–Crippen LogP) is 5.28. The van der Waals surface area contributed by atoms with Crippen molar-refractivity contribution in [1.29, 1.82) is 0 Å². The molecule has 0 saturated carbocycles. The molecule has 0 radical (unpaired) electrons. The Kier molecular flexibility index (Phi) is 2.25. The highest BCUT2D eigenvalue weighted by molar-refractivity contribution is 5.86. The van der Waals surface area contributed by atoms with Gasteiger partial charge in [0, 0.05) is 5.56 Å². The van der Waals surface area contributed by atoms with Crippen LogP contribution >= 0.6 is 0 Å². The molecule has 0 nitrogen and oxygen atoms in total. The molecule has 2 aliphatic carbocycles. The molecule has 0 atom stereocenters. The van der Waals surface area contributed by atoms with Gasteiger partial charge >= 0.3 is 0 Å². The van der Waals surface area contributed by atoms with E-state index >= 15 is 0 Å². The number of hydrogen-bond donors (Lipinski definition) is 0. The lowest BCUT2D eigenvalue weighted by atomic mass is 9.96. The van der Waals surface area contributed by atoms with Gasteiger partial charge in [-0.3, -0.25) is 0 Å². The second kappa shape index (κ2) is 4.07. The van der Waals surface area contributed by atoms with Gasteiger partial charge in [0.15, 0.2) is 0 Å². The lowest BCUT2D eigenvalue weighted by Gasteiger charge is -2.08. The van der Waals surface area contributed by atoms with Crippen molar-refractivity contribution in [3.8, 4) is 22.3 Å². The molecule has 3 aromatic carbocycles. The van der Waals surface area contributed by atoms with Crippen LogP contribution in [0.5, 0.6) is 0 Å². The van der Waals surface area contributed by atoms with Crippen LogP contribution in [0.3, 0.4) is 0 Å². The summed E-state index contributed by atoms with van der Waals surface area (Å²) in [5.74, 6) is -0.0949. The van der Waals surface area contributed by atoms with E-state index in [-0.39, 0.29) is 5.82 Å². The summed E-state index contributed by atoms with van der Waals surface area (Å²) in [6.07, 6.45) is 1.84. The van der Waals surface area contributed by atoms with Crippen molar-refractivity contribution < 1.29 is 4.39 Å². The summed E-state index contributed by atoms with van der Waals surface area (Å²) in [7, 11) is 0. The largest absolute Gasteiger partial charge is 0.206 e. The molecule has 2 aliphatic rings. The molecule has 3 aromatic rings. The zero-order valence-electron chi connectivity index (χ0n) is 12.4. The van der Waals surface area contributed by atoms with Crippen LogP contribution < -0.4 is 0 Å². The summed E-state index contributed by atoms with van der Waals surface area (Å²) in [6.45, 7) is 2.14. The number of aryl methyl sites for hydroxylation is 1. The van der Waals surface area contributed by atoms with Crippen molar-refractivity contribution in [2.75, 3.05) is 0 Å². The summed E-state index contributed by atoms with van der Waals surface area (Å²) in [5, 5.41) is 0. The van der Waals surface area contributed by atoms with E-state index in [1.54, 1.807) is 6.07 Å². The highest BCUT2D eigenvalue weighted by Gasteiger charge is 2.29. The van der Waals surface area contributed by atoms with E-state index in [1.807, 2.05) is 6.07 Å². The van der Waals surface area contributed by atoms with E-state index in [9.17, 15) is 4.39 Å². The van der Waals surface area contributed by atoms with Gasteiger partial charge in [-0.15, -0.1) is 0 Å². The monoisotopic (exact) mass is 286 g/mol. The second-order valence-corrected chi connectivity index (χ2v) is 6.41. The number of halogens is 1. The van der Waals surface area contributed by atoms with Crippen LogP contribution in [-0.2, 0) is 12.8 Å². The van der Waals surface area contributed by atoms with Crippen LogP contribution in [-0.4, -0.2) is 0 Å². The smallest absolute Gasteiger partial charge is 0.131 e. The Morgan fingerprint density at radius 2 is 1.50 bits per heavy atom. The van der Waals surface area contributed by atoms with E-state index in [0.29, 0.717) is 0 Å². The Bertz CT molecular complexity index is 950. The maximum absolute atomic E-state index is 14.2. The van der Waals surface area contributed by atoms with Gasteiger partial charge in [0.25, 0.3) is 0 Å². The van der Waals surface area contributed by atoms with E-state index in [1.165, 1.54) is 33.4 Å². The van der Waals surface area contributed by atoms with Crippen LogP contribution in [0.4, 0.5) is 4.39 Å².